The molecule has 0 aromatic rings. The largest absolute Gasteiger partial charge is 1.00 e. The molecule has 0 aliphatic rings. The van der Waals surface area contributed by atoms with Gasteiger partial charge < -0.3 is 29.2 Å². The van der Waals surface area contributed by atoms with Crippen LogP contribution in [0.3, 0.4) is 0 Å². The van der Waals surface area contributed by atoms with Crippen LogP contribution in [0.25, 0.3) is 0 Å². The van der Waals surface area contributed by atoms with Crippen LogP contribution in [0.15, 0.2) is 0 Å². The van der Waals surface area contributed by atoms with Gasteiger partial charge in [-0.1, -0.05) is 64.7 Å². The molecule has 0 aromatic heterocycles. The minimum Gasteiger partial charge on any atom is -0.726 e. The first-order valence-electron chi connectivity index (χ1n) is 9.00. The Labute approximate surface area is 195 Å². The second kappa shape index (κ2) is 16.7. The normalized spacial score (nSPS) is 12.7. The molecule has 11 nitrogen and oxygen atoms in total. The summed E-state index contributed by atoms with van der Waals surface area (Å²) in [5.41, 5.74) is 0. The van der Waals surface area contributed by atoms with Gasteiger partial charge >= 0.3 is 44.7 Å². The van der Waals surface area contributed by atoms with Crippen LogP contribution in [0, 0.1) is 0 Å². The van der Waals surface area contributed by atoms with Crippen LogP contribution in [0.5, 0.6) is 0 Å². The van der Waals surface area contributed by atoms with Crippen LogP contribution in [0.2, 0.25) is 0 Å². The molecular weight excluding hydrogens is 461 g/mol. The summed E-state index contributed by atoms with van der Waals surface area (Å²) in [5, 5.41) is 5.37. The van der Waals surface area contributed by atoms with Gasteiger partial charge in [0.2, 0.25) is 10.4 Å². The van der Waals surface area contributed by atoms with E-state index in [1.165, 1.54) is 44.9 Å². The smallest absolute Gasteiger partial charge is 0.726 e. The average Bonchev–Trinajstić information content (AvgIpc) is 2.50. The van der Waals surface area contributed by atoms with Gasteiger partial charge in [0.25, 0.3) is 5.08 Å². The molecule has 0 fully saturated rings. The van der Waals surface area contributed by atoms with Crippen LogP contribution in [-0.2, 0) is 23.7 Å². The average molecular weight is 494 g/mol. The molecule has 0 saturated carbocycles. The van der Waals surface area contributed by atoms with Crippen molar-refractivity contribution in [1.82, 2.24) is 0 Å². The zero-order chi connectivity index (χ0) is 22.5. The minimum absolute atomic E-state index is 0. The minimum atomic E-state index is -5.20. The van der Waals surface area contributed by atoms with Crippen LogP contribution >= 0.6 is 15.2 Å². The molecule has 0 spiro atoms. The van der Waals surface area contributed by atoms with Gasteiger partial charge in [0.05, 0.1) is 6.61 Å². The first-order valence-corrected chi connectivity index (χ1v) is 13.6. The van der Waals surface area contributed by atoms with Gasteiger partial charge in [-0.25, -0.2) is 8.42 Å². The molecule has 0 atom stereocenters. The molecule has 0 aliphatic heterocycles. The topological polar surface area (TPSA) is 202 Å². The maximum atomic E-state index is 10.3. The Bertz CT molecular complexity index is 577. The summed E-state index contributed by atoms with van der Waals surface area (Å²) in [6.07, 6.45) is 11.7. The van der Waals surface area contributed by atoms with Crippen molar-refractivity contribution in [3.8, 4) is 0 Å². The van der Waals surface area contributed by atoms with E-state index in [2.05, 4.69) is 11.1 Å². The van der Waals surface area contributed by atoms with Crippen molar-refractivity contribution >= 4 is 25.6 Å². The first-order chi connectivity index (χ1) is 12.6. The van der Waals surface area contributed by atoms with Crippen molar-refractivity contribution in [2.75, 3.05) is 6.61 Å². The number of unbranched alkanes of at least 4 members (excludes halogenated alkanes) is 9. The maximum Gasteiger partial charge on any atom is 1.00 e. The third kappa shape index (κ3) is 19.5. The van der Waals surface area contributed by atoms with Crippen molar-refractivity contribution < 1.29 is 80.5 Å². The van der Waals surface area contributed by atoms with Gasteiger partial charge in [0.15, 0.2) is 0 Å². The van der Waals surface area contributed by atoms with Crippen molar-refractivity contribution in [2.24, 2.45) is 0 Å². The van der Waals surface area contributed by atoms with E-state index in [1.807, 2.05) is 0 Å². The summed E-state index contributed by atoms with van der Waals surface area (Å²) < 4.78 is 55.0. The van der Waals surface area contributed by atoms with E-state index in [4.69, 9.17) is 24.7 Å². The van der Waals surface area contributed by atoms with Gasteiger partial charge in [0, 0.05) is 0 Å². The standard InChI is InChI=1S/C12H26O4S.C2H8O7P2.Na/c1-2-3-4-5-6-7-8-9-10-11-12-16-17(13,14)15;1-2(3,10(4,5)6)11(7,8)9;/h2-12H2,1H3,(H,13,14,15);3H,1H3,(H2,4,5,6)(H2,7,8,9);/q;;+1/p-1. The number of rotatable bonds is 14. The van der Waals surface area contributed by atoms with Gasteiger partial charge in [-0.2, -0.15) is 0 Å². The Morgan fingerprint density at radius 2 is 1.14 bits per heavy atom. The van der Waals surface area contributed by atoms with E-state index < -0.39 is 30.7 Å². The van der Waals surface area contributed by atoms with Gasteiger partial charge in [-0.05, 0) is 13.3 Å². The van der Waals surface area contributed by atoms with Crippen LogP contribution in [0.4, 0.5) is 0 Å². The van der Waals surface area contributed by atoms with E-state index in [-0.39, 0.29) is 36.2 Å². The van der Waals surface area contributed by atoms with E-state index >= 15 is 0 Å². The Hall–Kier alpha value is 1.13. The second-order valence-corrected chi connectivity index (χ2v) is 11.8. The number of hydrogen-bond acceptors (Lipinski definition) is 7. The third-order valence-corrected chi connectivity index (χ3v) is 8.06. The molecule has 0 aromatic carbocycles. The molecule has 15 heteroatoms. The van der Waals surface area contributed by atoms with Crippen molar-refractivity contribution in [2.45, 2.75) is 83.1 Å². The van der Waals surface area contributed by atoms with E-state index in [1.54, 1.807) is 0 Å². The number of hydrogen-bond donors (Lipinski definition) is 5. The summed E-state index contributed by atoms with van der Waals surface area (Å²) in [6.45, 7) is 2.63. The molecule has 0 saturated heterocycles. The van der Waals surface area contributed by atoms with E-state index in [0.29, 0.717) is 13.3 Å². The summed E-state index contributed by atoms with van der Waals surface area (Å²) in [5.74, 6) is 0. The molecular formula is C14H33NaO11P2S. The predicted octanol–water partition coefficient (Wildman–Crippen LogP) is -0.604. The van der Waals surface area contributed by atoms with Crippen molar-refractivity contribution in [1.29, 1.82) is 0 Å². The van der Waals surface area contributed by atoms with E-state index in [0.717, 1.165) is 12.8 Å². The summed E-state index contributed by atoms with van der Waals surface area (Å²) >= 11 is 0. The summed E-state index contributed by atoms with van der Waals surface area (Å²) in [4.78, 5) is 33.0. The molecule has 0 rings (SSSR count). The molecule has 0 aliphatic carbocycles. The quantitative estimate of drug-likeness (QED) is 0.0678. The van der Waals surface area contributed by atoms with Gasteiger partial charge in [-0.15, -0.1) is 0 Å². The molecule has 0 amide bonds. The molecule has 0 bridgehead atoms. The van der Waals surface area contributed by atoms with Crippen LogP contribution < -0.4 is 29.6 Å². The fourth-order valence-electron chi connectivity index (χ4n) is 1.92. The SMILES string of the molecule is CC(O)(P(=O)(O)O)P(=O)(O)O.CCCCCCCCCCCCOS(=O)(=O)[O-].[Na+]. The fraction of sp³-hybridized carbons (Fsp3) is 1.00. The molecule has 29 heavy (non-hydrogen) atoms. The van der Waals surface area contributed by atoms with Crippen molar-refractivity contribution in [3.63, 3.8) is 0 Å². The third-order valence-electron chi connectivity index (χ3n) is 3.83. The first kappa shape index (κ1) is 34.7. The fourth-order valence-corrected chi connectivity index (χ4v) is 3.60. The number of aliphatic hydroxyl groups is 1. The molecule has 5 N–H and O–H groups in total. The Morgan fingerprint density at radius 3 is 1.38 bits per heavy atom. The molecule has 0 heterocycles. The van der Waals surface area contributed by atoms with Gasteiger partial charge in [0.1, 0.15) is 0 Å². The Kier molecular flexibility index (Phi) is 20.0. The van der Waals surface area contributed by atoms with Crippen LogP contribution in [-0.4, -0.2) is 49.3 Å². The monoisotopic (exact) mass is 494 g/mol. The molecule has 0 unspecified atom stereocenters. The van der Waals surface area contributed by atoms with Crippen LogP contribution in [0.1, 0.15) is 78.1 Å². The van der Waals surface area contributed by atoms with E-state index in [9.17, 15) is 22.1 Å². The zero-order valence-corrected chi connectivity index (χ0v) is 21.9. The maximum absolute atomic E-state index is 10.3. The summed E-state index contributed by atoms with van der Waals surface area (Å²) in [6, 6.07) is 0. The van der Waals surface area contributed by atoms with Crippen molar-refractivity contribution in [3.05, 3.63) is 0 Å². The second-order valence-electron chi connectivity index (χ2n) is 6.47. The Morgan fingerprint density at radius 1 is 0.828 bits per heavy atom. The predicted molar refractivity (Wildman–Crippen MR) is 102 cm³/mol. The Balaban J connectivity index is -0.000000491. The summed E-state index contributed by atoms with van der Waals surface area (Å²) in [7, 11) is -14.9. The molecule has 0 radical (unpaired) electrons. The zero-order valence-electron chi connectivity index (χ0n) is 17.3. The molecule has 172 valence electrons. The van der Waals surface area contributed by atoms with Gasteiger partial charge in [-0.3, -0.25) is 13.3 Å².